The van der Waals surface area contributed by atoms with Crippen LogP contribution in [0.15, 0.2) is 24.3 Å². The average molecular weight is 346 g/mol. The van der Waals surface area contributed by atoms with E-state index < -0.39 is 17.1 Å². The number of carbonyl (C=O) groups is 2. The molecule has 0 aromatic heterocycles. The minimum atomic E-state index is -1.07. The molecule has 2 aliphatic heterocycles. The third kappa shape index (κ3) is 2.83. The van der Waals surface area contributed by atoms with Crippen molar-refractivity contribution in [3.8, 4) is 0 Å². The molecule has 1 aromatic carbocycles. The minimum absolute atomic E-state index is 0.197. The van der Waals surface area contributed by atoms with Gasteiger partial charge in [-0.15, -0.1) is 0 Å². The van der Waals surface area contributed by atoms with Crippen molar-refractivity contribution in [2.24, 2.45) is 5.92 Å². The van der Waals surface area contributed by atoms with Crippen LogP contribution in [0.3, 0.4) is 0 Å². The average Bonchev–Trinajstić information content (AvgIpc) is 2.98. The van der Waals surface area contributed by atoms with Crippen molar-refractivity contribution >= 4 is 17.7 Å². The number of fused-ring (bicyclic) bond motifs is 3. The summed E-state index contributed by atoms with van der Waals surface area (Å²) in [6, 6.07) is 7.35. The van der Waals surface area contributed by atoms with Crippen LogP contribution in [0.1, 0.15) is 52.1 Å². The van der Waals surface area contributed by atoms with Gasteiger partial charge in [0.05, 0.1) is 6.04 Å². The van der Waals surface area contributed by atoms with Crippen LogP contribution < -0.4 is 5.32 Å². The van der Waals surface area contributed by atoms with Gasteiger partial charge in [-0.25, -0.2) is 9.59 Å². The molecule has 3 rings (SSSR count). The Morgan fingerprint density at radius 1 is 1.36 bits per heavy atom. The molecule has 0 aliphatic carbocycles. The topological polar surface area (TPSA) is 78.9 Å². The molecule has 0 unspecified atom stereocenters. The SMILES string of the molecule is CC[C@@]1(C(=O)O)Nc2ccccc2[C@H]2[C@H]1CCN2C(=O)OC(C)(C)C. The maximum atomic E-state index is 12.7. The molecule has 1 saturated heterocycles. The molecule has 2 heterocycles. The van der Waals surface area contributed by atoms with Crippen molar-refractivity contribution in [1.29, 1.82) is 0 Å². The van der Waals surface area contributed by atoms with Crippen molar-refractivity contribution in [2.75, 3.05) is 11.9 Å². The number of para-hydroxylation sites is 1. The Kier molecular flexibility index (Phi) is 4.17. The number of carboxylic acids is 1. The fourth-order valence-electron chi connectivity index (χ4n) is 4.13. The molecule has 0 radical (unpaired) electrons. The smallest absolute Gasteiger partial charge is 0.410 e. The van der Waals surface area contributed by atoms with Gasteiger partial charge in [0.15, 0.2) is 0 Å². The summed E-state index contributed by atoms with van der Waals surface area (Å²) < 4.78 is 5.57. The Labute approximate surface area is 148 Å². The van der Waals surface area contributed by atoms with E-state index >= 15 is 0 Å². The van der Waals surface area contributed by atoms with Gasteiger partial charge in [-0.05, 0) is 45.2 Å². The number of benzene rings is 1. The largest absolute Gasteiger partial charge is 0.479 e. The zero-order chi connectivity index (χ0) is 18.4. The summed E-state index contributed by atoms with van der Waals surface area (Å²) in [4.78, 5) is 26.6. The summed E-state index contributed by atoms with van der Waals surface area (Å²) >= 11 is 0. The van der Waals surface area contributed by atoms with Gasteiger partial charge in [0.2, 0.25) is 0 Å². The molecule has 2 N–H and O–H groups in total. The third-order valence-corrected chi connectivity index (χ3v) is 5.24. The van der Waals surface area contributed by atoms with Crippen LogP contribution >= 0.6 is 0 Å². The van der Waals surface area contributed by atoms with Gasteiger partial charge in [-0.2, -0.15) is 0 Å². The number of anilines is 1. The normalized spacial score (nSPS) is 27.9. The van der Waals surface area contributed by atoms with Crippen molar-refractivity contribution in [3.05, 3.63) is 29.8 Å². The van der Waals surface area contributed by atoms with Crippen LogP contribution in [-0.2, 0) is 9.53 Å². The van der Waals surface area contributed by atoms with Crippen LogP contribution in [0.5, 0.6) is 0 Å². The quantitative estimate of drug-likeness (QED) is 0.855. The number of rotatable bonds is 2. The zero-order valence-corrected chi connectivity index (χ0v) is 15.2. The summed E-state index contributed by atoms with van der Waals surface area (Å²) in [6.07, 6.45) is 0.692. The molecule has 6 nitrogen and oxygen atoms in total. The lowest BCUT2D eigenvalue weighted by Gasteiger charge is -2.45. The van der Waals surface area contributed by atoms with E-state index in [9.17, 15) is 14.7 Å². The number of amides is 1. The first-order valence-corrected chi connectivity index (χ1v) is 8.80. The minimum Gasteiger partial charge on any atom is -0.479 e. The highest BCUT2D eigenvalue weighted by Crippen LogP contribution is 2.51. The van der Waals surface area contributed by atoms with E-state index in [0.29, 0.717) is 19.4 Å². The second-order valence-electron chi connectivity index (χ2n) is 7.86. The number of aliphatic carboxylic acids is 1. The van der Waals surface area contributed by atoms with Gasteiger partial charge in [-0.1, -0.05) is 25.1 Å². The lowest BCUT2D eigenvalue weighted by atomic mass is 9.71. The Hall–Kier alpha value is -2.24. The van der Waals surface area contributed by atoms with Crippen molar-refractivity contribution in [1.82, 2.24) is 4.90 Å². The van der Waals surface area contributed by atoms with Crippen LogP contribution in [0.4, 0.5) is 10.5 Å². The Morgan fingerprint density at radius 2 is 2.04 bits per heavy atom. The van der Waals surface area contributed by atoms with Crippen LogP contribution in [0.2, 0.25) is 0 Å². The molecule has 1 fully saturated rings. The van der Waals surface area contributed by atoms with Gasteiger partial charge in [-0.3, -0.25) is 0 Å². The second kappa shape index (κ2) is 5.93. The Bertz CT molecular complexity index is 697. The number of ether oxygens (including phenoxy) is 1. The van der Waals surface area contributed by atoms with E-state index in [2.05, 4.69) is 5.32 Å². The number of likely N-dealkylation sites (tertiary alicyclic amines) is 1. The van der Waals surface area contributed by atoms with Crippen molar-refractivity contribution in [3.63, 3.8) is 0 Å². The number of nitrogens with one attached hydrogen (secondary N) is 1. The van der Waals surface area contributed by atoms with Crippen LogP contribution in [0.25, 0.3) is 0 Å². The highest BCUT2D eigenvalue weighted by molar-refractivity contribution is 5.86. The molecule has 0 bridgehead atoms. The molecular weight excluding hydrogens is 320 g/mol. The molecular formula is C19H26N2O4. The van der Waals surface area contributed by atoms with Gasteiger partial charge in [0.25, 0.3) is 0 Å². The Morgan fingerprint density at radius 3 is 2.64 bits per heavy atom. The molecule has 0 saturated carbocycles. The fraction of sp³-hybridized carbons (Fsp3) is 0.579. The first-order chi connectivity index (χ1) is 11.7. The summed E-state index contributed by atoms with van der Waals surface area (Å²) in [5.74, 6) is -1.07. The predicted molar refractivity (Wildman–Crippen MR) is 94.5 cm³/mol. The first kappa shape index (κ1) is 17.6. The summed E-state index contributed by atoms with van der Waals surface area (Å²) in [6.45, 7) is 7.88. The van der Waals surface area contributed by atoms with E-state index in [-0.39, 0.29) is 18.1 Å². The maximum absolute atomic E-state index is 12.7. The van der Waals surface area contributed by atoms with Crippen molar-refractivity contribution < 1.29 is 19.4 Å². The first-order valence-electron chi connectivity index (χ1n) is 8.80. The molecule has 3 atom stereocenters. The lowest BCUT2D eigenvalue weighted by Crippen LogP contribution is -2.56. The molecule has 0 spiro atoms. The summed E-state index contributed by atoms with van der Waals surface area (Å²) in [5.41, 5.74) is 0.0797. The molecule has 25 heavy (non-hydrogen) atoms. The number of carboxylic acid groups (broad SMARTS) is 1. The summed E-state index contributed by atoms with van der Waals surface area (Å²) in [5, 5.41) is 13.2. The van der Waals surface area contributed by atoms with E-state index in [0.717, 1.165) is 11.3 Å². The third-order valence-electron chi connectivity index (χ3n) is 5.24. The van der Waals surface area contributed by atoms with E-state index in [4.69, 9.17) is 4.74 Å². The standard InChI is InChI=1S/C19H26N2O4/c1-5-19(16(22)23)13-10-11-21(17(24)25-18(2,3)4)15(13)12-8-6-7-9-14(12)20-19/h6-9,13,15,20H,5,10-11H2,1-4H3,(H,22,23)/t13-,15+,19-/m1/s1. The summed E-state index contributed by atoms with van der Waals surface area (Å²) in [7, 11) is 0. The van der Waals surface area contributed by atoms with Gasteiger partial charge < -0.3 is 20.1 Å². The highest BCUT2D eigenvalue weighted by Gasteiger charge is 2.57. The monoisotopic (exact) mass is 346 g/mol. The van der Waals surface area contributed by atoms with Gasteiger partial charge >= 0.3 is 12.1 Å². The molecule has 2 aliphatic rings. The van der Waals surface area contributed by atoms with E-state index in [1.54, 1.807) is 4.90 Å². The van der Waals surface area contributed by atoms with Crippen LogP contribution in [0, 0.1) is 5.92 Å². The van der Waals surface area contributed by atoms with Crippen LogP contribution in [-0.4, -0.2) is 39.8 Å². The zero-order valence-electron chi connectivity index (χ0n) is 15.2. The number of hydrogen-bond acceptors (Lipinski definition) is 4. The van der Waals surface area contributed by atoms with E-state index in [1.165, 1.54) is 0 Å². The van der Waals surface area contributed by atoms with Gasteiger partial charge in [0.1, 0.15) is 11.1 Å². The van der Waals surface area contributed by atoms with Crippen molar-refractivity contribution in [2.45, 2.75) is 57.7 Å². The lowest BCUT2D eigenvalue weighted by molar-refractivity contribution is -0.145. The fourth-order valence-corrected chi connectivity index (χ4v) is 4.13. The molecule has 6 heteroatoms. The maximum Gasteiger partial charge on any atom is 0.410 e. The number of carbonyl (C=O) groups excluding carboxylic acids is 1. The highest BCUT2D eigenvalue weighted by atomic mass is 16.6. The number of hydrogen-bond donors (Lipinski definition) is 2. The Balaban J connectivity index is 2.05. The predicted octanol–water partition coefficient (Wildman–Crippen LogP) is 3.64. The molecule has 1 amide bonds. The van der Waals surface area contributed by atoms with Gasteiger partial charge in [0, 0.05) is 18.2 Å². The molecule has 136 valence electrons. The number of nitrogens with zero attached hydrogens (tertiary/aromatic N) is 1. The molecule has 1 aromatic rings. The van der Waals surface area contributed by atoms with E-state index in [1.807, 2.05) is 52.0 Å². The second-order valence-corrected chi connectivity index (χ2v) is 7.86.